The summed E-state index contributed by atoms with van der Waals surface area (Å²) in [7, 11) is 0. The average Bonchev–Trinajstić information content (AvgIpc) is 2.46. The molecule has 1 aromatic carbocycles. The Morgan fingerprint density at radius 3 is 3.05 bits per heavy atom. The van der Waals surface area contributed by atoms with Gasteiger partial charge in [-0.2, -0.15) is 0 Å². The standard InChI is InChI=1S/C17H21FN2O/c1-11-8-16(14-6-3-7-15(18)17(14)20-11)19-10-12-4-2-5-13(21)9-12/h3,6-8,12-13,21H,2,4-5,9-10H2,1H3,(H,19,20). The van der Waals surface area contributed by atoms with Crippen molar-refractivity contribution in [3.63, 3.8) is 0 Å². The molecule has 0 spiro atoms. The number of anilines is 1. The third-order valence-corrected chi connectivity index (χ3v) is 4.25. The number of hydrogen-bond acceptors (Lipinski definition) is 3. The lowest BCUT2D eigenvalue weighted by Crippen LogP contribution is -2.25. The van der Waals surface area contributed by atoms with Crippen molar-refractivity contribution in [1.82, 2.24) is 4.98 Å². The number of benzene rings is 1. The predicted molar refractivity (Wildman–Crippen MR) is 82.9 cm³/mol. The quantitative estimate of drug-likeness (QED) is 0.906. The molecule has 4 heteroatoms. The van der Waals surface area contributed by atoms with Crippen molar-refractivity contribution in [3.05, 3.63) is 35.8 Å². The van der Waals surface area contributed by atoms with E-state index in [1.54, 1.807) is 6.07 Å². The molecule has 0 aliphatic heterocycles. The molecule has 1 fully saturated rings. The van der Waals surface area contributed by atoms with Gasteiger partial charge in [-0.3, -0.25) is 0 Å². The smallest absolute Gasteiger partial charge is 0.149 e. The lowest BCUT2D eigenvalue weighted by Gasteiger charge is -2.26. The number of nitrogens with one attached hydrogen (secondary N) is 1. The van der Waals surface area contributed by atoms with Gasteiger partial charge >= 0.3 is 0 Å². The van der Waals surface area contributed by atoms with Crippen LogP contribution in [0.1, 0.15) is 31.4 Å². The fourth-order valence-electron chi connectivity index (χ4n) is 3.19. The summed E-state index contributed by atoms with van der Waals surface area (Å²) in [6.45, 7) is 2.69. The molecule has 2 N–H and O–H groups in total. The first-order chi connectivity index (χ1) is 10.1. The Morgan fingerprint density at radius 2 is 2.24 bits per heavy atom. The van der Waals surface area contributed by atoms with E-state index in [1.165, 1.54) is 6.07 Å². The van der Waals surface area contributed by atoms with Crippen LogP contribution in [0.5, 0.6) is 0 Å². The molecule has 0 amide bonds. The lowest BCUT2D eigenvalue weighted by atomic mass is 9.87. The highest BCUT2D eigenvalue weighted by molar-refractivity contribution is 5.91. The van der Waals surface area contributed by atoms with Crippen molar-refractivity contribution in [3.8, 4) is 0 Å². The SMILES string of the molecule is Cc1cc(NCC2CCCC(O)C2)c2cccc(F)c2n1. The van der Waals surface area contributed by atoms with E-state index in [0.717, 1.165) is 49.0 Å². The largest absolute Gasteiger partial charge is 0.393 e. The summed E-state index contributed by atoms with van der Waals surface area (Å²) >= 11 is 0. The Hall–Kier alpha value is -1.68. The summed E-state index contributed by atoms with van der Waals surface area (Å²) in [5.74, 6) is 0.193. The van der Waals surface area contributed by atoms with Gasteiger partial charge in [0.2, 0.25) is 0 Å². The number of aliphatic hydroxyl groups excluding tert-OH is 1. The molecule has 0 saturated heterocycles. The Kier molecular flexibility index (Phi) is 4.06. The molecule has 2 aromatic rings. The molecule has 2 unspecified atom stereocenters. The number of pyridine rings is 1. The van der Waals surface area contributed by atoms with E-state index in [9.17, 15) is 9.50 Å². The zero-order valence-electron chi connectivity index (χ0n) is 12.3. The molecule has 1 aliphatic rings. The van der Waals surface area contributed by atoms with Crippen molar-refractivity contribution >= 4 is 16.6 Å². The van der Waals surface area contributed by atoms with Gasteiger partial charge in [-0.15, -0.1) is 0 Å². The summed E-state index contributed by atoms with van der Waals surface area (Å²) < 4.78 is 13.9. The first-order valence-electron chi connectivity index (χ1n) is 7.61. The number of aromatic nitrogens is 1. The van der Waals surface area contributed by atoms with Crippen molar-refractivity contribution in [2.75, 3.05) is 11.9 Å². The Labute approximate surface area is 124 Å². The van der Waals surface area contributed by atoms with Gasteiger partial charge in [0.25, 0.3) is 0 Å². The second kappa shape index (κ2) is 5.98. The van der Waals surface area contributed by atoms with Crippen LogP contribution in [-0.2, 0) is 0 Å². The molecule has 3 rings (SSSR count). The molecule has 1 heterocycles. The van der Waals surface area contributed by atoms with Crippen LogP contribution in [0, 0.1) is 18.7 Å². The zero-order chi connectivity index (χ0) is 14.8. The van der Waals surface area contributed by atoms with Gasteiger partial charge in [0.05, 0.1) is 6.10 Å². The molecule has 0 bridgehead atoms. The number of aryl methyl sites for hydroxylation is 1. The lowest BCUT2D eigenvalue weighted by molar-refractivity contribution is 0.105. The van der Waals surface area contributed by atoms with Crippen LogP contribution in [0.25, 0.3) is 10.9 Å². The van der Waals surface area contributed by atoms with E-state index < -0.39 is 0 Å². The summed E-state index contributed by atoms with van der Waals surface area (Å²) in [6.07, 6.45) is 3.82. The second-order valence-electron chi connectivity index (χ2n) is 6.01. The highest BCUT2D eigenvalue weighted by atomic mass is 19.1. The first-order valence-corrected chi connectivity index (χ1v) is 7.61. The van der Waals surface area contributed by atoms with Gasteiger partial charge in [-0.05, 0) is 44.2 Å². The maximum absolute atomic E-state index is 13.9. The van der Waals surface area contributed by atoms with E-state index in [0.29, 0.717) is 11.4 Å². The Morgan fingerprint density at radius 1 is 1.38 bits per heavy atom. The summed E-state index contributed by atoms with van der Waals surface area (Å²) in [6, 6.07) is 7.00. The molecule has 21 heavy (non-hydrogen) atoms. The second-order valence-corrected chi connectivity index (χ2v) is 6.01. The molecule has 0 radical (unpaired) electrons. The molecule has 1 aliphatic carbocycles. The molecular formula is C17H21FN2O. The van der Waals surface area contributed by atoms with Gasteiger partial charge in [0, 0.05) is 23.3 Å². The highest BCUT2D eigenvalue weighted by Gasteiger charge is 2.20. The van der Waals surface area contributed by atoms with E-state index in [1.807, 2.05) is 19.1 Å². The third kappa shape index (κ3) is 3.16. The maximum Gasteiger partial charge on any atom is 0.149 e. The van der Waals surface area contributed by atoms with E-state index >= 15 is 0 Å². The van der Waals surface area contributed by atoms with Gasteiger partial charge in [-0.25, -0.2) is 9.37 Å². The highest BCUT2D eigenvalue weighted by Crippen LogP contribution is 2.28. The van der Waals surface area contributed by atoms with Crippen LogP contribution in [0.3, 0.4) is 0 Å². The Balaban J connectivity index is 1.82. The number of para-hydroxylation sites is 1. The summed E-state index contributed by atoms with van der Waals surface area (Å²) in [5.41, 5.74) is 2.15. The minimum Gasteiger partial charge on any atom is -0.393 e. The minimum atomic E-state index is -0.285. The van der Waals surface area contributed by atoms with Crippen LogP contribution in [0.15, 0.2) is 24.3 Å². The first kappa shape index (κ1) is 14.3. The monoisotopic (exact) mass is 288 g/mol. The predicted octanol–water partition coefficient (Wildman–Crippen LogP) is 3.65. The topological polar surface area (TPSA) is 45.1 Å². The fourth-order valence-corrected chi connectivity index (χ4v) is 3.19. The van der Waals surface area contributed by atoms with Crippen LogP contribution in [0.2, 0.25) is 0 Å². The van der Waals surface area contributed by atoms with Crippen molar-refractivity contribution in [2.24, 2.45) is 5.92 Å². The van der Waals surface area contributed by atoms with E-state index in [-0.39, 0.29) is 11.9 Å². The number of fused-ring (bicyclic) bond motifs is 1. The molecule has 112 valence electrons. The molecule has 1 aromatic heterocycles. The van der Waals surface area contributed by atoms with Crippen molar-refractivity contribution in [2.45, 2.75) is 38.7 Å². The zero-order valence-corrected chi connectivity index (χ0v) is 12.3. The number of halogens is 1. The molecular weight excluding hydrogens is 267 g/mol. The number of rotatable bonds is 3. The number of nitrogens with zero attached hydrogens (tertiary/aromatic N) is 1. The van der Waals surface area contributed by atoms with Gasteiger partial charge in [-0.1, -0.05) is 18.6 Å². The normalized spacial score (nSPS) is 22.4. The summed E-state index contributed by atoms with van der Waals surface area (Å²) in [5, 5.41) is 14.0. The van der Waals surface area contributed by atoms with Crippen LogP contribution >= 0.6 is 0 Å². The third-order valence-electron chi connectivity index (χ3n) is 4.25. The van der Waals surface area contributed by atoms with Crippen LogP contribution in [0.4, 0.5) is 10.1 Å². The van der Waals surface area contributed by atoms with Gasteiger partial charge < -0.3 is 10.4 Å². The molecule has 2 atom stereocenters. The van der Waals surface area contributed by atoms with Gasteiger partial charge in [0.15, 0.2) is 0 Å². The number of aliphatic hydroxyl groups is 1. The van der Waals surface area contributed by atoms with Crippen molar-refractivity contribution < 1.29 is 9.50 Å². The molecule has 1 saturated carbocycles. The average molecular weight is 288 g/mol. The van der Waals surface area contributed by atoms with Crippen LogP contribution < -0.4 is 5.32 Å². The van der Waals surface area contributed by atoms with E-state index in [4.69, 9.17) is 0 Å². The van der Waals surface area contributed by atoms with E-state index in [2.05, 4.69) is 10.3 Å². The van der Waals surface area contributed by atoms with Crippen molar-refractivity contribution in [1.29, 1.82) is 0 Å². The minimum absolute atomic E-state index is 0.168. The van der Waals surface area contributed by atoms with Gasteiger partial charge in [0.1, 0.15) is 11.3 Å². The summed E-state index contributed by atoms with van der Waals surface area (Å²) in [4.78, 5) is 4.29. The Bertz CT molecular complexity index is 644. The van der Waals surface area contributed by atoms with Crippen LogP contribution in [-0.4, -0.2) is 22.7 Å². The molecule has 3 nitrogen and oxygen atoms in total. The number of hydrogen-bond donors (Lipinski definition) is 2. The maximum atomic E-state index is 13.9. The fraction of sp³-hybridized carbons (Fsp3) is 0.471.